The van der Waals surface area contributed by atoms with Gasteiger partial charge in [-0.15, -0.1) is 0 Å². The van der Waals surface area contributed by atoms with E-state index in [0.717, 1.165) is 18.5 Å². The Labute approximate surface area is 130 Å². The first-order chi connectivity index (χ1) is 10.8. The van der Waals surface area contributed by atoms with Gasteiger partial charge in [-0.25, -0.2) is 0 Å². The molecular formula is C19H20N3+. The Morgan fingerprint density at radius 1 is 1.41 bits per heavy atom. The van der Waals surface area contributed by atoms with Crippen LogP contribution in [0.25, 0.3) is 0 Å². The third-order valence-corrected chi connectivity index (χ3v) is 6.50. The van der Waals surface area contributed by atoms with Gasteiger partial charge in [0.15, 0.2) is 0 Å². The molecular weight excluding hydrogens is 270 g/mol. The van der Waals surface area contributed by atoms with Gasteiger partial charge < -0.3 is 10.2 Å². The topological polar surface area (TPSA) is 40.3 Å². The largest absolute Gasteiger partial charge is 0.357 e. The molecule has 0 radical (unpaired) electrons. The lowest BCUT2D eigenvalue weighted by atomic mass is 9.62. The Balaban J connectivity index is 1.83. The number of para-hydroxylation sites is 1. The standard InChI is InChI=1S/C19H19N3/c1-2-12-11-22-8-7-19-15-5-3-4-6-16(15)21-18(19)14(10-20)13(12)9-17(19)22/h2-6,13,17,21H,7-9,11H2,1H3/p+1/b12-2-/t13-,17-,19+/m0/s1. The first-order valence-corrected chi connectivity index (χ1v) is 8.30. The molecule has 2 fully saturated rings. The van der Waals surface area contributed by atoms with Crippen molar-refractivity contribution >= 4 is 5.69 Å². The molecule has 2 bridgehead atoms. The minimum absolute atomic E-state index is 0.0762. The molecule has 22 heavy (non-hydrogen) atoms. The maximum Gasteiger partial charge on any atom is 0.104 e. The van der Waals surface area contributed by atoms with Gasteiger partial charge in [0.05, 0.1) is 30.1 Å². The van der Waals surface area contributed by atoms with Crippen LogP contribution in [0.5, 0.6) is 0 Å². The Bertz CT molecular complexity index is 782. The molecule has 1 spiro atoms. The lowest BCUT2D eigenvalue weighted by Crippen LogP contribution is -3.16. The predicted molar refractivity (Wildman–Crippen MR) is 85.3 cm³/mol. The van der Waals surface area contributed by atoms with E-state index in [2.05, 4.69) is 48.7 Å². The molecule has 1 unspecified atom stereocenters. The van der Waals surface area contributed by atoms with Crippen LogP contribution in [0.15, 0.2) is 47.2 Å². The van der Waals surface area contributed by atoms with E-state index in [-0.39, 0.29) is 5.41 Å². The molecule has 4 atom stereocenters. The van der Waals surface area contributed by atoms with E-state index >= 15 is 0 Å². The summed E-state index contributed by atoms with van der Waals surface area (Å²) in [5, 5.41) is 13.5. The summed E-state index contributed by atoms with van der Waals surface area (Å²) in [6.07, 6.45) is 4.55. The van der Waals surface area contributed by atoms with Crippen LogP contribution in [0.1, 0.15) is 25.3 Å². The third kappa shape index (κ3) is 1.22. The normalized spacial score (nSPS) is 39.3. The Kier molecular flexibility index (Phi) is 2.28. The molecule has 0 amide bonds. The molecule has 3 heterocycles. The molecule has 1 aromatic rings. The fraction of sp³-hybridized carbons (Fsp3) is 0.421. The van der Waals surface area contributed by atoms with Crippen molar-refractivity contribution in [2.75, 3.05) is 18.4 Å². The lowest BCUT2D eigenvalue weighted by molar-refractivity contribution is -0.914. The fourth-order valence-corrected chi connectivity index (χ4v) is 5.61. The maximum absolute atomic E-state index is 9.88. The summed E-state index contributed by atoms with van der Waals surface area (Å²) in [5.74, 6) is 0.340. The molecule has 2 saturated heterocycles. The van der Waals surface area contributed by atoms with Crippen LogP contribution in [-0.2, 0) is 5.41 Å². The number of fused-ring (bicyclic) bond motifs is 2. The second kappa shape index (κ2) is 4.02. The summed E-state index contributed by atoms with van der Waals surface area (Å²) in [4.78, 5) is 1.72. The molecule has 1 aromatic carbocycles. The van der Waals surface area contributed by atoms with Crippen molar-refractivity contribution in [3.05, 3.63) is 52.7 Å². The summed E-state index contributed by atoms with van der Waals surface area (Å²) in [5.41, 5.74) is 6.42. The highest BCUT2D eigenvalue weighted by Gasteiger charge is 2.64. The van der Waals surface area contributed by atoms with Crippen LogP contribution in [-0.4, -0.2) is 19.1 Å². The summed E-state index contributed by atoms with van der Waals surface area (Å²) < 4.78 is 0. The number of anilines is 1. The third-order valence-electron chi connectivity index (χ3n) is 6.50. The number of benzene rings is 1. The highest BCUT2D eigenvalue weighted by Crippen LogP contribution is 2.56. The quantitative estimate of drug-likeness (QED) is 0.715. The first kappa shape index (κ1) is 12.5. The number of nitrogens with one attached hydrogen (secondary N) is 2. The van der Waals surface area contributed by atoms with Crippen LogP contribution in [0.3, 0.4) is 0 Å². The summed E-state index contributed by atoms with van der Waals surface area (Å²) >= 11 is 0. The van der Waals surface area contributed by atoms with E-state index in [9.17, 15) is 5.26 Å². The zero-order chi connectivity index (χ0) is 14.9. The van der Waals surface area contributed by atoms with Crippen molar-refractivity contribution in [3.63, 3.8) is 0 Å². The summed E-state index contributed by atoms with van der Waals surface area (Å²) in [6, 6.07) is 11.9. The minimum atomic E-state index is 0.0762. The molecule has 0 saturated carbocycles. The average Bonchev–Trinajstić information content (AvgIpc) is 3.11. The maximum atomic E-state index is 9.88. The number of nitrogens with zero attached hydrogens (tertiary/aromatic N) is 1. The number of quaternary nitrogens is 1. The smallest absolute Gasteiger partial charge is 0.104 e. The van der Waals surface area contributed by atoms with E-state index in [1.54, 1.807) is 4.90 Å². The van der Waals surface area contributed by atoms with Gasteiger partial charge in [0, 0.05) is 30.1 Å². The fourth-order valence-electron chi connectivity index (χ4n) is 5.61. The molecule has 0 aromatic heterocycles. The van der Waals surface area contributed by atoms with Gasteiger partial charge in [0.25, 0.3) is 0 Å². The van der Waals surface area contributed by atoms with Gasteiger partial charge in [0.2, 0.25) is 0 Å². The predicted octanol–water partition coefficient (Wildman–Crippen LogP) is 1.76. The number of rotatable bonds is 0. The number of hydrogen-bond acceptors (Lipinski definition) is 2. The zero-order valence-corrected chi connectivity index (χ0v) is 12.8. The van der Waals surface area contributed by atoms with Gasteiger partial charge in [-0.3, -0.25) is 0 Å². The van der Waals surface area contributed by atoms with Crippen molar-refractivity contribution in [3.8, 4) is 6.07 Å². The average molecular weight is 290 g/mol. The second-order valence-electron chi connectivity index (χ2n) is 7.08. The van der Waals surface area contributed by atoms with Crippen LogP contribution < -0.4 is 10.2 Å². The minimum Gasteiger partial charge on any atom is -0.357 e. The molecule has 4 aliphatic rings. The number of allylic oxidation sites excluding steroid dienone is 2. The van der Waals surface area contributed by atoms with Gasteiger partial charge in [-0.2, -0.15) is 5.26 Å². The summed E-state index contributed by atoms with van der Waals surface area (Å²) in [6.45, 7) is 4.46. The highest BCUT2D eigenvalue weighted by atomic mass is 15.2. The van der Waals surface area contributed by atoms with E-state index in [0.29, 0.717) is 12.0 Å². The highest BCUT2D eigenvalue weighted by molar-refractivity contribution is 5.72. The van der Waals surface area contributed by atoms with Crippen molar-refractivity contribution in [1.82, 2.24) is 0 Å². The van der Waals surface area contributed by atoms with E-state index in [1.165, 1.54) is 35.5 Å². The number of nitriles is 1. The van der Waals surface area contributed by atoms with Gasteiger partial charge in [0.1, 0.15) is 6.04 Å². The molecule has 3 nitrogen and oxygen atoms in total. The van der Waals surface area contributed by atoms with Crippen LogP contribution in [0.4, 0.5) is 5.69 Å². The second-order valence-corrected chi connectivity index (χ2v) is 7.08. The van der Waals surface area contributed by atoms with Gasteiger partial charge in [-0.05, 0) is 24.1 Å². The van der Waals surface area contributed by atoms with Crippen LogP contribution in [0, 0.1) is 17.2 Å². The van der Waals surface area contributed by atoms with Crippen molar-refractivity contribution in [2.24, 2.45) is 5.92 Å². The Hall–Kier alpha value is -2.05. The Morgan fingerprint density at radius 2 is 2.27 bits per heavy atom. The molecule has 110 valence electrons. The summed E-state index contributed by atoms with van der Waals surface area (Å²) in [7, 11) is 0. The van der Waals surface area contributed by atoms with E-state index in [4.69, 9.17) is 0 Å². The Morgan fingerprint density at radius 3 is 3.09 bits per heavy atom. The molecule has 5 rings (SSSR count). The first-order valence-electron chi connectivity index (χ1n) is 8.30. The zero-order valence-electron chi connectivity index (χ0n) is 12.8. The van der Waals surface area contributed by atoms with Gasteiger partial charge >= 0.3 is 0 Å². The molecule has 3 heteroatoms. The van der Waals surface area contributed by atoms with Gasteiger partial charge in [-0.1, -0.05) is 24.3 Å². The van der Waals surface area contributed by atoms with Crippen molar-refractivity contribution in [1.29, 1.82) is 5.26 Å². The van der Waals surface area contributed by atoms with E-state index < -0.39 is 0 Å². The monoisotopic (exact) mass is 290 g/mol. The number of piperidine rings is 1. The van der Waals surface area contributed by atoms with Crippen LogP contribution in [0.2, 0.25) is 0 Å². The number of hydrogen-bond donors (Lipinski definition) is 2. The van der Waals surface area contributed by atoms with Crippen molar-refractivity contribution in [2.45, 2.75) is 31.2 Å². The molecule has 2 N–H and O–H groups in total. The molecule has 1 aliphatic carbocycles. The van der Waals surface area contributed by atoms with E-state index in [1.807, 2.05) is 0 Å². The SMILES string of the molecule is C/C=C1/C[NH+]2CC[C@]34C(=C(C#N)[C@H]1C[C@H]23)Nc1ccccc14. The van der Waals surface area contributed by atoms with Crippen LogP contribution >= 0.6 is 0 Å². The van der Waals surface area contributed by atoms with Crippen molar-refractivity contribution < 1.29 is 4.90 Å². The lowest BCUT2D eigenvalue weighted by Gasteiger charge is -2.45. The molecule has 3 aliphatic heterocycles.